The molecule has 2 amide bonds. The average Bonchev–Trinajstić information content (AvgIpc) is 2.52. The van der Waals surface area contributed by atoms with E-state index in [9.17, 15) is 9.90 Å². The topological polar surface area (TPSA) is 74.7 Å². The van der Waals surface area contributed by atoms with Crippen LogP contribution in [0.4, 0.5) is 4.79 Å². The van der Waals surface area contributed by atoms with Crippen molar-refractivity contribution in [1.29, 1.82) is 0 Å². The minimum Gasteiger partial charge on any atom is -0.496 e. The number of urea groups is 1. The summed E-state index contributed by atoms with van der Waals surface area (Å²) in [5, 5.41) is 12.6. The molecule has 1 heterocycles. The van der Waals surface area contributed by atoms with Crippen LogP contribution in [0.15, 0.2) is 6.20 Å². The highest BCUT2D eigenvalue weighted by atomic mass is 16.5. The highest BCUT2D eigenvalue weighted by Gasteiger charge is 2.22. The second-order valence-corrected chi connectivity index (χ2v) is 6.36. The van der Waals surface area contributed by atoms with Crippen LogP contribution in [-0.2, 0) is 6.54 Å². The molecule has 6 nitrogen and oxygen atoms in total. The molecule has 128 valence electrons. The number of aryl methyl sites for hydroxylation is 1. The van der Waals surface area contributed by atoms with Crippen LogP contribution in [0.25, 0.3) is 0 Å². The number of ether oxygens (including phenoxy) is 1. The van der Waals surface area contributed by atoms with Crippen LogP contribution in [0.5, 0.6) is 5.75 Å². The fraction of sp³-hybridized carbons (Fsp3) is 0.647. The average molecular weight is 321 g/mol. The number of hydrogen-bond donors (Lipinski definition) is 2. The molecule has 2 rings (SSSR count). The van der Waals surface area contributed by atoms with Gasteiger partial charge in [-0.1, -0.05) is 0 Å². The van der Waals surface area contributed by atoms with Crippen molar-refractivity contribution >= 4 is 6.03 Å². The molecule has 0 aromatic carbocycles. The second kappa shape index (κ2) is 7.64. The van der Waals surface area contributed by atoms with E-state index in [0.717, 1.165) is 48.3 Å². The van der Waals surface area contributed by atoms with Gasteiger partial charge in [-0.25, -0.2) is 4.79 Å². The van der Waals surface area contributed by atoms with Crippen LogP contribution < -0.4 is 10.1 Å². The van der Waals surface area contributed by atoms with Gasteiger partial charge in [0.25, 0.3) is 0 Å². The molecule has 1 aliphatic rings. The molecule has 1 saturated carbocycles. The molecule has 1 aromatic rings. The first-order valence-electron chi connectivity index (χ1n) is 8.11. The number of aromatic nitrogens is 1. The SMILES string of the molecule is COc1c(C)cnc(CN(C)C(=O)NC2CCC(O)CC2)c1C. The Bertz CT molecular complexity index is 554. The van der Waals surface area contributed by atoms with Crippen molar-refractivity contribution in [3.63, 3.8) is 0 Å². The summed E-state index contributed by atoms with van der Waals surface area (Å²) in [5.74, 6) is 0.824. The molecule has 1 fully saturated rings. The van der Waals surface area contributed by atoms with Crippen LogP contribution in [0.3, 0.4) is 0 Å². The van der Waals surface area contributed by atoms with Gasteiger partial charge in [0, 0.05) is 30.4 Å². The van der Waals surface area contributed by atoms with Gasteiger partial charge < -0.3 is 20.1 Å². The van der Waals surface area contributed by atoms with Crippen molar-refractivity contribution in [1.82, 2.24) is 15.2 Å². The number of pyridine rings is 1. The third-order valence-electron chi connectivity index (χ3n) is 4.51. The molecule has 0 spiro atoms. The Hall–Kier alpha value is -1.82. The third-order valence-corrected chi connectivity index (χ3v) is 4.51. The molecule has 0 unspecified atom stereocenters. The van der Waals surface area contributed by atoms with Gasteiger partial charge in [0.1, 0.15) is 5.75 Å². The Kier molecular flexibility index (Phi) is 5.82. The van der Waals surface area contributed by atoms with E-state index in [0.29, 0.717) is 6.54 Å². The van der Waals surface area contributed by atoms with Crippen LogP contribution >= 0.6 is 0 Å². The zero-order chi connectivity index (χ0) is 17.0. The summed E-state index contributed by atoms with van der Waals surface area (Å²) in [4.78, 5) is 18.4. The van der Waals surface area contributed by atoms with Crippen LogP contribution in [0.1, 0.15) is 42.5 Å². The molecule has 2 N–H and O–H groups in total. The molecule has 0 aliphatic heterocycles. The molecule has 0 saturated heterocycles. The number of carbonyl (C=O) groups excluding carboxylic acids is 1. The lowest BCUT2D eigenvalue weighted by Crippen LogP contribution is -2.44. The third kappa shape index (κ3) is 4.34. The van der Waals surface area contributed by atoms with Gasteiger partial charge in [-0.05, 0) is 39.5 Å². The Morgan fingerprint density at radius 1 is 1.39 bits per heavy atom. The largest absolute Gasteiger partial charge is 0.496 e. The van der Waals surface area contributed by atoms with Gasteiger partial charge in [-0.3, -0.25) is 4.98 Å². The van der Waals surface area contributed by atoms with Gasteiger partial charge >= 0.3 is 6.03 Å². The number of nitrogens with one attached hydrogen (secondary N) is 1. The number of aliphatic hydroxyl groups excluding tert-OH is 1. The van der Waals surface area contributed by atoms with Crippen molar-refractivity contribution < 1.29 is 14.6 Å². The molecule has 6 heteroatoms. The predicted molar refractivity (Wildman–Crippen MR) is 88.5 cm³/mol. The Morgan fingerprint density at radius 3 is 2.65 bits per heavy atom. The highest BCUT2D eigenvalue weighted by molar-refractivity contribution is 5.74. The number of nitrogens with zero attached hydrogens (tertiary/aromatic N) is 2. The molecule has 1 aromatic heterocycles. The lowest BCUT2D eigenvalue weighted by Gasteiger charge is -2.28. The van der Waals surface area contributed by atoms with E-state index in [1.54, 1.807) is 25.3 Å². The monoisotopic (exact) mass is 321 g/mol. The first-order valence-corrected chi connectivity index (χ1v) is 8.11. The van der Waals surface area contributed by atoms with E-state index >= 15 is 0 Å². The number of amides is 2. The Labute approximate surface area is 137 Å². The van der Waals surface area contributed by atoms with E-state index < -0.39 is 0 Å². The maximum Gasteiger partial charge on any atom is 0.317 e. The fourth-order valence-electron chi connectivity index (χ4n) is 3.03. The molecular weight excluding hydrogens is 294 g/mol. The smallest absolute Gasteiger partial charge is 0.317 e. The second-order valence-electron chi connectivity index (χ2n) is 6.36. The maximum atomic E-state index is 12.3. The van der Waals surface area contributed by atoms with Crippen molar-refractivity contribution in [3.05, 3.63) is 23.0 Å². The standard InChI is InChI=1S/C17H27N3O3/c1-11-9-18-15(12(2)16(11)23-4)10-20(3)17(22)19-13-5-7-14(21)8-6-13/h9,13-14,21H,5-8,10H2,1-4H3,(H,19,22). The fourth-order valence-corrected chi connectivity index (χ4v) is 3.03. The number of aliphatic hydroxyl groups is 1. The quantitative estimate of drug-likeness (QED) is 0.891. The summed E-state index contributed by atoms with van der Waals surface area (Å²) < 4.78 is 5.41. The van der Waals surface area contributed by atoms with Gasteiger partial charge in [0.2, 0.25) is 0 Å². The molecule has 0 atom stereocenters. The van der Waals surface area contributed by atoms with E-state index in [4.69, 9.17) is 4.74 Å². The molecule has 0 radical (unpaired) electrons. The normalized spacial score (nSPS) is 20.9. The summed E-state index contributed by atoms with van der Waals surface area (Å²) >= 11 is 0. The van der Waals surface area contributed by atoms with E-state index in [2.05, 4.69) is 10.3 Å². The number of methoxy groups -OCH3 is 1. The van der Waals surface area contributed by atoms with E-state index in [1.165, 1.54) is 0 Å². The first-order chi connectivity index (χ1) is 10.9. The van der Waals surface area contributed by atoms with Gasteiger partial charge in [0.15, 0.2) is 0 Å². The summed E-state index contributed by atoms with van der Waals surface area (Å²) in [6.45, 7) is 4.35. The molecular formula is C17H27N3O3. The van der Waals surface area contributed by atoms with E-state index in [1.807, 2.05) is 13.8 Å². The summed E-state index contributed by atoms with van der Waals surface area (Å²) in [6.07, 6.45) is 4.73. The lowest BCUT2D eigenvalue weighted by molar-refractivity contribution is 0.115. The van der Waals surface area contributed by atoms with Crippen LogP contribution in [0.2, 0.25) is 0 Å². The highest BCUT2D eigenvalue weighted by Crippen LogP contribution is 2.24. The van der Waals surface area contributed by atoms with Gasteiger partial charge in [0.05, 0.1) is 25.5 Å². The zero-order valence-corrected chi connectivity index (χ0v) is 14.4. The zero-order valence-electron chi connectivity index (χ0n) is 14.4. The number of rotatable bonds is 4. The Balaban J connectivity index is 1.96. The molecule has 1 aliphatic carbocycles. The Morgan fingerprint density at radius 2 is 2.04 bits per heavy atom. The van der Waals surface area contributed by atoms with Crippen molar-refractivity contribution in [2.45, 2.75) is 58.2 Å². The number of hydrogen-bond acceptors (Lipinski definition) is 4. The van der Waals surface area contributed by atoms with Gasteiger partial charge in [-0.2, -0.15) is 0 Å². The van der Waals surface area contributed by atoms with Crippen molar-refractivity contribution in [3.8, 4) is 5.75 Å². The summed E-state index contributed by atoms with van der Waals surface area (Å²) in [6, 6.07) is 0.0436. The lowest BCUT2D eigenvalue weighted by atomic mass is 9.93. The molecule has 23 heavy (non-hydrogen) atoms. The van der Waals surface area contributed by atoms with Crippen molar-refractivity contribution in [2.75, 3.05) is 14.2 Å². The number of carbonyl (C=O) groups is 1. The predicted octanol–water partition coefficient (Wildman–Crippen LogP) is 2.15. The van der Waals surface area contributed by atoms with Crippen molar-refractivity contribution in [2.24, 2.45) is 0 Å². The summed E-state index contributed by atoms with van der Waals surface area (Å²) in [7, 11) is 3.41. The molecule has 0 bridgehead atoms. The van der Waals surface area contributed by atoms with Crippen LogP contribution in [-0.4, -0.2) is 47.3 Å². The van der Waals surface area contributed by atoms with Crippen LogP contribution in [0, 0.1) is 13.8 Å². The minimum absolute atomic E-state index is 0.105. The van der Waals surface area contributed by atoms with Gasteiger partial charge in [-0.15, -0.1) is 0 Å². The summed E-state index contributed by atoms with van der Waals surface area (Å²) in [5.41, 5.74) is 2.79. The first kappa shape index (κ1) is 17.5. The maximum absolute atomic E-state index is 12.3. The minimum atomic E-state index is -0.215. The van der Waals surface area contributed by atoms with E-state index in [-0.39, 0.29) is 18.2 Å².